The van der Waals surface area contributed by atoms with E-state index < -0.39 is 0 Å². The minimum Gasteiger partial charge on any atom is -0.452 e. The third-order valence-corrected chi connectivity index (χ3v) is 3.86. The molecule has 2 aliphatic rings. The van der Waals surface area contributed by atoms with Gasteiger partial charge in [-0.25, -0.2) is 4.79 Å². The summed E-state index contributed by atoms with van der Waals surface area (Å²) >= 11 is 0. The van der Waals surface area contributed by atoms with Crippen molar-refractivity contribution in [3.05, 3.63) is 24.0 Å². The van der Waals surface area contributed by atoms with Gasteiger partial charge in [0.25, 0.3) is 0 Å². The molecule has 1 fully saturated rings. The van der Waals surface area contributed by atoms with E-state index in [2.05, 4.69) is 4.98 Å². The zero-order valence-electron chi connectivity index (χ0n) is 9.93. The van der Waals surface area contributed by atoms with Crippen LogP contribution in [0.3, 0.4) is 0 Å². The Kier molecular flexibility index (Phi) is 2.50. The molecule has 0 bridgehead atoms. The normalized spacial score (nSPS) is 26.3. The van der Waals surface area contributed by atoms with Crippen LogP contribution >= 0.6 is 0 Å². The predicted octanol–water partition coefficient (Wildman–Crippen LogP) is 2.69. The lowest BCUT2D eigenvalue weighted by atomic mass is 9.84. The molecule has 0 saturated heterocycles. The van der Waals surface area contributed by atoms with Crippen LogP contribution in [-0.2, 0) is 4.74 Å². The topological polar surface area (TPSA) is 42.4 Å². The van der Waals surface area contributed by atoms with Crippen LogP contribution in [-0.4, -0.2) is 24.2 Å². The molecular weight excluding hydrogens is 216 g/mol. The summed E-state index contributed by atoms with van der Waals surface area (Å²) in [4.78, 5) is 18.2. The van der Waals surface area contributed by atoms with Crippen molar-refractivity contribution in [1.29, 1.82) is 0 Å². The highest BCUT2D eigenvalue weighted by Gasteiger charge is 2.43. The summed E-state index contributed by atoms with van der Waals surface area (Å²) in [5.74, 6) is 0.402. The van der Waals surface area contributed by atoms with Crippen molar-refractivity contribution in [3.63, 3.8) is 0 Å². The number of carbonyl (C=O) groups excluding carboxylic acids is 1. The lowest BCUT2D eigenvalue weighted by Crippen LogP contribution is -2.40. The molecule has 0 radical (unpaired) electrons. The van der Waals surface area contributed by atoms with Gasteiger partial charge < -0.3 is 4.74 Å². The molecule has 0 N–H and O–H groups in total. The minimum absolute atomic E-state index is 0.251. The van der Waals surface area contributed by atoms with E-state index in [9.17, 15) is 4.79 Å². The van der Waals surface area contributed by atoms with E-state index in [1.807, 2.05) is 18.3 Å². The molecule has 4 nitrogen and oxygen atoms in total. The Hall–Kier alpha value is -1.58. The Morgan fingerprint density at radius 2 is 2.29 bits per heavy atom. The van der Waals surface area contributed by atoms with Gasteiger partial charge in [-0.15, -0.1) is 0 Å². The van der Waals surface area contributed by atoms with Crippen LogP contribution < -0.4 is 4.90 Å². The molecule has 0 spiro atoms. The third kappa shape index (κ3) is 1.51. The number of pyridine rings is 1. The first kappa shape index (κ1) is 10.6. The summed E-state index contributed by atoms with van der Waals surface area (Å²) in [6.45, 7) is 0. The first-order valence-corrected chi connectivity index (χ1v) is 6.15. The highest BCUT2D eigenvalue weighted by atomic mass is 16.5. The van der Waals surface area contributed by atoms with Crippen LogP contribution in [0, 0.1) is 0 Å². The standard InChI is InChI=1S/C13H16N2O2/c1-17-13(16)15-10-6-3-2-5-9(10)12-11(15)7-4-8-14-12/h4,7-10H,2-3,5-6H2,1H3/t9-,10-/m1/s1. The summed E-state index contributed by atoms with van der Waals surface area (Å²) in [5.41, 5.74) is 2.01. The van der Waals surface area contributed by atoms with Crippen LogP contribution in [0.15, 0.2) is 18.3 Å². The van der Waals surface area contributed by atoms with Crippen molar-refractivity contribution in [1.82, 2.24) is 4.98 Å². The van der Waals surface area contributed by atoms with Crippen molar-refractivity contribution in [3.8, 4) is 0 Å². The first-order valence-electron chi connectivity index (χ1n) is 6.15. The van der Waals surface area contributed by atoms with Gasteiger partial charge in [-0.2, -0.15) is 0 Å². The fourth-order valence-electron chi connectivity index (χ4n) is 3.15. The van der Waals surface area contributed by atoms with Crippen molar-refractivity contribution in [2.24, 2.45) is 0 Å². The number of aromatic nitrogens is 1. The molecule has 1 saturated carbocycles. The largest absolute Gasteiger partial charge is 0.452 e. The smallest absolute Gasteiger partial charge is 0.414 e. The fraction of sp³-hybridized carbons (Fsp3) is 0.538. The van der Waals surface area contributed by atoms with Gasteiger partial charge in [-0.05, 0) is 25.0 Å². The SMILES string of the molecule is COC(=O)N1c2cccnc2[C@@H]2CCCC[C@H]21. The third-order valence-electron chi connectivity index (χ3n) is 3.86. The monoisotopic (exact) mass is 232 g/mol. The Labute approximate surface area is 101 Å². The summed E-state index contributed by atoms with van der Waals surface area (Å²) in [7, 11) is 1.44. The molecule has 1 aliphatic heterocycles. The Balaban J connectivity index is 2.05. The maximum atomic E-state index is 11.9. The lowest BCUT2D eigenvalue weighted by Gasteiger charge is -2.30. The maximum absolute atomic E-state index is 11.9. The highest BCUT2D eigenvalue weighted by molar-refractivity contribution is 5.91. The fourth-order valence-corrected chi connectivity index (χ4v) is 3.15. The van der Waals surface area contributed by atoms with E-state index in [0.717, 1.165) is 24.2 Å². The van der Waals surface area contributed by atoms with Gasteiger partial charge in [0, 0.05) is 18.2 Å². The van der Waals surface area contributed by atoms with Crippen LogP contribution in [0.1, 0.15) is 37.3 Å². The molecule has 1 amide bonds. The van der Waals surface area contributed by atoms with Gasteiger partial charge in [0.15, 0.2) is 0 Å². The highest BCUT2D eigenvalue weighted by Crippen LogP contribution is 2.46. The number of amides is 1. The summed E-state index contributed by atoms with van der Waals surface area (Å²) in [6.07, 6.45) is 6.15. The molecule has 1 aliphatic carbocycles. The summed E-state index contributed by atoms with van der Waals surface area (Å²) in [6, 6.07) is 4.10. The molecule has 3 rings (SSSR count). The average molecular weight is 232 g/mol. The molecule has 2 atom stereocenters. The number of anilines is 1. The second-order valence-electron chi connectivity index (χ2n) is 4.71. The van der Waals surface area contributed by atoms with Crippen molar-refractivity contribution >= 4 is 11.8 Å². The molecular formula is C13H16N2O2. The number of hydrogen-bond donors (Lipinski definition) is 0. The Morgan fingerprint density at radius 3 is 3.12 bits per heavy atom. The van der Waals surface area contributed by atoms with Gasteiger partial charge in [0.1, 0.15) is 0 Å². The molecule has 17 heavy (non-hydrogen) atoms. The second-order valence-corrected chi connectivity index (χ2v) is 4.71. The van der Waals surface area contributed by atoms with E-state index in [1.54, 1.807) is 4.90 Å². The molecule has 0 unspecified atom stereocenters. The quantitative estimate of drug-likeness (QED) is 0.690. The van der Waals surface area contributed by atoms with Crippen LogP contribution in [0.4, 0.5) is 10.5 Å². The molecule has 90 valence electrons. The Bertz CT molecular complexity index is 447. The van der Waals surface area contributed by atoms with E-state index in [0.29, 0.717) is 5.92 Å². The maximum Gasteiger partial charge on any atom is 0.414 e. The van der Waals surface area contributed by atoms with Gasteiger partial charge >= 0.3 is 6.09 Å². The number of hydrogen-bond acceptors (Lipinski definition) is 3. The van der Waals surface area contributed by atoms with Gasteiger partial charge in [-0.3, -0.25) is 9.88 Å². The van der Waals surface area contributed by atoms with E-state index in [-0.39, 0.29) is 12.1 Å². The number of ether oxygens (including phenoxy) is 1. The van der Waals surface area contributed by atoms with Gasteiger partial charge in [-0.1, -0.05) is 12.8 Å². The van der Waals surface area contributed by atoms with Crippen LogP contribution in [0.2, 0.25) is 0 Å². The second kappa shape index (κ2) is 4.02. The summed E-state index contributed by atoms with van der Waals surface area (Å²) in [5, 5.41) is 0. The summed E-state index contributed by atoms with van der Waals surface area (Å²) < 4.78 is 4.90. The molecule has 1 aromatic rings. The average Bonchev–Trinajstić information content (AvgIpc) is 2.72. The van der Waals surface area contributed by atoms with Gasteiger partial charge in [0.05, 0.1) is 18.5 Å². The van der Waals surface area contributed by atoms with Crippen molar-refractivity contribution in [2.75, 3.05) is 12.0 Å². The number of methoxy groups -OCH3 is 1. The van der Waals surface area contributed by atoms with E-state index >= 15 is 0 Å². The number of rotatable bonds is 0. The number of fused-ring (bicyclic) bond motifs is 3. The minimum atomic E-state index is -0.256. The zero-order valence-corrected chi connectivity index (χ0v) is 9.93. The number of nitrogens with zero attached hydrogens (tertiary/aromatic N) is 2. The Morgan fingerprint density at radius 1 is 1.47 bits per heavy atom. The molecule has 4 heteroatoms. The zero-order chi connectivity index (χ0) is 11.8. The van der Waals surface area contributed by atoms with E-state index in [1.165, 1.54) is 20.0 Å². The molecule has 1 aromatic heterocycles. The molecule has 2 heterocycles. The number of carbonyl (C=O) groups is 1. The lowest BCUT2D eigenvalue weighted by molar-refractivity contribution is 0.174. The van der Waals surface area contributed by atoms with Crippen molar-refractivity contribution < 1.29 is 9.53 Å². The first-order chi connectivity index (χ1) is 8.33. The van der Waals surface area contributed by atoms with Crippen LogP contribution in [0.5, 0.6) is 0 Å². The van der Waals surface area contributed by atoms with E-state index in [4.69, 9.17) is 4.74 Å². The van der Waals surface area contributed by atoms with Crippen LogP contribution in [0.25, 0.3) is 0 Å². The van der Waals surface area contributed by atoms with Gasteiger partial charge in [0.2, 0.25) is 0 Å². The molecule has 0 aromatic carbocycles. The van der Waals surface area contributed by atoms with Crippen molar-refractivity contribution in [2.45, 2.75) is 37.6 Å². The predicted molar refractivity (Wildman–Crippen MR) is 64.1 cm³/mol.